The van der Waals surface area contributed by atoms with Crippen LogP contribution in [0.5, 0.6) is 5.75 Å². The van der Waals surface area contributed by atoms with E-state index in [2.05, 4.69) is 68.5 Å². The lowest BCUT2D eigenvalue weighted by Crippen LogP contribution is -2.08. The predicted octanol–water partition coefficient (Wildman–Crippen LogP) is 7.99. The summed E-state index contributed by atoms with van der Waals surface area (Å²) in [6, 6.07) is 20.5. The van der Waals surface area contributed by atoms with Gasteiger partial charge in [-0.15, -0.1) is 0 Å². The molecule has 1 atom stereocenters. The normalized spacial score (nSPS) is 12.6. The molecule has 0 aromatic heterocycles. The van der Waals surface area contributed by atoms with Crippen LogP contribution in [-0.4, -0.2) is 17.8 Å². The number of phenolic OH excluding ortho intramolecular Hbond substituents is 1. The van der Waals surface area contributed by atoms with Gasteiger partial charge in [-0.25, -0.2) is 0 Å². The van der Waals surface area contributed by atoms with E-state index in [-0.39, 0.29) is 0 Å². The molecule has 3 rings (SSSR count). The Morgan fingerprint density at radius 1 is 0.867 bits per heavy atom. The standard InChI is InChI=1S/C28H34O2/c1-3-4-8-19-30-22(2)9-6-5-7-10-23-11-13-24(14-12-23)25-15-16-27-21-28(29)18-17-26(27)20-25/h7,10-18,20-22,29H,3-6,8-9,19H2,1-2H3. The van der Waals surface area contributed by atoms with Gasteiger partial charge in [-0.1, -0.05) is 74.4 Å². The van der Waals surface area contributed by atoms with Crippen LogP contribution in [0, 0.1) is 0 Å². The topological polar surface area (TPSA) is 29.5 Å². The number of phenols is 1. The van der Waals surface area contributed by atoms with Crippen molar-refractivity contribution in [1.29, 1.82) is 0 Å². The van der Waals surface area contributed by atoms with Gasteiger partial charge in [0.15, 0.2) is 0 Å². The number of unbranched alkanes of at least 4 members (excludes halogenated alkanes) is 3. The van der Waals surface area contributed by atoms with Gasteiger partial charge in [0.05, 0.1) is 6.10 Å². The highest BCUT2D eigenvalue weighted by Gasteiger charge is 2.02. The van der Waals surface area contributed by atoms with Gasteiger partial charge in [0, 0.05) is 6.61 Å². The maximum atomic E-state index is 9.62. The van der Waals surface area contributed by atoms with Crippen LogP contribution < -0.4 is 0 Å². The van der Waals surface area contributed by atoms with E-state index in [4.69, 9.17) is 4.74 Å². The first-order chi connectivity index (χ1) is 14.7. The van der Waals surface area contributed by atoms with Crippen LogP contribution in [0.2, 0.25) is 0 Å². The first kappa shape index (κ1) is 22.1. The summed E-state index contributed by atoms with van der Waals surface area (Å²) >= 11 is 0. The molecule has 0 amide bonds. The fourth-order valence-corrected chi connectivity index (χ4v) is 3.66. The zero-order valence-corrected chi connectivity index (χ0v) is 18.3. The summed E-state index contributed by atoms with van der Waals surface area (Å²) in [6.07, 6.45) is 11.9. The van der Waals surface area contributed by atoms with Crippen molar-refractivity contribution in [2.24, 2.45) is 0 Å². The summed E-state index contributed by atoms with van der Waals surface area (Å²) in [5.41, 5.74) is 3.63. The summed E-state index contributed by atoms with van der Waals surface area (Å²) in [7, 11) is 0. The molecule has 0 spiro atoms. The fraction of sp³-hybridized carbons (Fsp3) is 0.357. The Labute approximate surface area is 181 Å². The van der Waals surface area contributed by atoms with Crippen molar-refractivity contribution in [3.63, 3.8) is 0 Å². The zero-order valence-electron chi connectivity index (χ0n) is 18.3. The molecule has 30 heavy (non-hydrogen) atoms. The van der Waals surface area contributed by atoms with Crippen molar-refractivity contribution < 1.29 is 9.84 Å². The van der Waals surface area contributed by atoms with Gasteiger partial charge >= 0.3 is 0 Å². The highest BCUT2D eigenvalue weighted by Crippen LogP contribution is 2.27. The Morgan fingerprint density at radius 2 is 1.60 bits per heavy atom. The van der Waals surface area contributed by atoms with E-state index >= 15 is 0 Å². The van der Waals surface area contributed by atoms with E-state index in [1.165, 1.54) is 36.0 Å². The van der Waals surface area contributed by atoms with E-state index in [1.54, 1.807) is 12.1 Å². The van der Waals surface area contributed by atoms with Gasteiger partial charge in [-0.2, -0.15) is 0 Å². The molecule has 0 heterocycles. The van der Waals surface area contributed by atoms with E-state index in [1.807, 2.05) is 6.07 Å². The van der Waals surface area contributed by atoms with Crippen molar-refractivity contribution in [2.45, 2.75) is 58.5 Å². The summed E-state index contributed by atoms with van der Waals surface area (Å²) in [4.78, 5) is 0. The minimum Gasteiger partial charge on any atom is -0.508 e. The van der Waals surface area contributed by atoms with Gasteiger partial charge in [0.1, 0.15) is 5.75 Å². The molecule has 158 valence electrons. The number of hydrogen-bond donors (Lipinski definition) is 1. The highest BCUT2D eigenvalue weighted by atomic mass is 16.5. The Kier molecular flexibility index (Phi) is 8.53. The van der Waals surface area contributed by atoms with Gasteiger partial charge in [-0.05, 0) is 78.3 Å². The Bertz CT molecular complexity index is 941. The maximum absolute atomic E-state index is 9.62. The number of aromatic hydroxyl groups is 1. The van der Waals surface area contributed by atoms with Crippen LogP contribution in [0.25, 0.3) is 28.0 Å². The average Bonchev–Trinajstić information content (AvgIpc) is 2.76. The Morgan fingerprint density at radius 3 is 2.40 bits per heavy atom. The zero-order chi connectivity index (χ0) is 21.2. The molecule has 0 saturated carbocycles. The number of rotatable bonds is 11. The SMILES string of the molecule is CCCCCOC(C)CCCC=Cc1ccc(-c2ccc3cc(O)ccc3c2)cc1. The second-order valence-corrected chi connectivity index (χ2v) is 8.09. The van der Waals surface area contributed by atoms with Crippen LogP contribution >= 0.6 is 0 Å². The summed E-state index contributed by atoms with van der Waals surface area (Å²) < 4.78 is 5.86. The Hall–Kier alpha value is -2.58. The summed E-state index contributed by atoms with van der Waals surface area (Å²) in [5.74, 6) is 0.306. The largest absolute Gasteiger partial charge is 0.508 e. The molecule has 2 heteroatoms. The number of allylic oxidation sites excluding steroid dienone is 1. The molecular weight excluding hydrogens is 368 g/mol. The lowest BCUT2D eigenvalue weighted by molar-refractivity contribution is 0.0566. The first-order valence-electron chi connectivity index (χ1n) is 11.3. The van der Waals surface area contributed by atoms with Crippen molar-refractivity contribution in [3.05, 3.63) is 72.3 Å². The van der Waals surface area contributed by atoms with Crippen LogP contribution in [0.4, 0.5) is 0 Å². The third-order valence-electron chi connectivity index (χ3n) is 5.51. The number of fused-ring (bicyclic) bond motifs is 1. The minimum atomic E-state index is 0.306. The van der Waals surface area contributed by atoms with Gasteiger partial charge in [-0.3, -0.25) is 0 Å². The second-order valence-electron chi connectivity index (χ2n) is 8.09. The molecule has 0 saturated heterocycles. The number of hydrogen-bond acceptors (Lipinski definition) is 2. The second kappa shape index (κ2) is 11.6. The highest BCUT2D eigenvalue weighted by molar-refractivity contribution is 5.88. The third-order valence-corrected chi connectivity index (χ3v) is 5.51. The molecule has 1 N–H and O–H groups in total. The molecule has 0 radical (unpaired) electrons. The van der Waals surface area contributed by atoms with Gasteiger partial charge in [0.2, 0.25) is 0 Å². The van der Waals surface area contributed by atoms with Gasteiger partial charge in [0.25, 0.3) is 0 Å². The minimum absolute atomic E-state index is 0.306. The summed E-state index contributed by atoms with van der Waals surface area (Å²) in [6.45, 7) is 5.31. The summed E-state index contributed by atoms with van der Waals surface area (Å²) in [5, 5.41) is 11.8. The number of benzene rings is 3. The smallest absolute Gasteiger partial charge is 0.116 e. The molecule has 3 aromatic rings. The van der Waals surface area contributed by atoms with Crippen molar-refractivity contribution in [3.8, 4) is 16.9 Å². The lowest BCUT2D eigenvalue weighted by Gasteiger charge is -2.12. The van der Waals surface area contributed by atoms with E-state index in [9.17, 15) is 5.11 Å². The van der Waals surface area contributed by atoms with Crippen LogP contribution in [0.3, 0.4) is 0 Å². The van der Waals surface area contributed by atoms with Crippen molar-refractivity contribution in [2.75, 3.05) is 6.61 Å². The third kappa shape index (κ3) is 6.74. The van der Waals surface area contributed by atoms with E-state index in [0.717, 1.165) is 36.6 Å². The van der Waals surface area contributed by atoms with Crippen LogP contribution in [0.15, 0.2) is 66.7 Å². The van der Waals surface area contributed by atoms with Crippen LogP contribution in [-0.2, 0) is 4.74 Å². The predicted molar refractivity (Wildman–Crippen MR) is 129 cm³/mol. The molecule has 0 aliphatic carbocycles. The molecule has 0 fully saturated rings. The molecular formula is C28H34O2. The monoisotopic (exact) mass is 402 g/mol. The average molecular weight is 403 g/mol. The van der Waals surface area contributed by atoms with E-state index in [0.29, 0.717) is 11.9 Å². The lowest BCUT2D eigenvalue weighted by atomic mass is 10.00. The van der Waals surface area contributed by atoms with Crippen LogP contribution in [0.1, 0.15) is 57.9 Å². The molecule has 1 unspecified atom stereocenters. The van der Waals surface area contributed by atoms with E-state index < -0.39 is 0 Å². The fourth-order valence-electron chi connectivity index (χ4n) is 3.66. The first-order valence-corrected chi connectivity index (χ1v) is 11.3. The molecule has 0 bridgehead atoms. The Balaban J connectivity index is 1.47. The molecule has 0 aliphatic rings. The van der Waals surface area contributed by atoms with Crippen molar-refractivity contribution in [1.82, 2.24) is 0 Å². The number of ether oxygens (including phenoxy) is 1. The molecule has 0 aliphatic heterocycles. The van der Waals surface area contributed by atoms with Gasteiger partial charge < -0.3 is 9.84 Å². The quantitative estimate of drug-likeness (QED) is 0.329. The maximum Gasteiger partial charge on any atom is 0.116 e. The molecule has 3 aromatic carbocycles. The van der Waals surface area contributed by atoms with Crippen molar-refractivity contribution >= 4 is 16.8 Å². The molecule has 2 nitrogen and oxygen atoms in total.